The molecule has 0 amide bonds. The van der Waals surface area contributed by atoms with Gasteiger partial charge in [0.1, 0.15) is 5.82 Å². The molecule has 5 nitrogen and oxygen atoms in total. The largest absolute Gasteiger partial charge is 0.417 e. The highest BCUT2D eigenvalue weighted by molar-refractivity contribution is 5.83. The Morgan fingerprint density at radius 3 is 2.50 bits per heavy atom. The van der Waals surface area contributed by atoms with Gasteiger partial charge in [-0.15, -0.1) is 0 Å². The van der Waals surface area contributed by atoms with Crippen LogP contribution in [0.15, 0.2) is 48.8 Å². The van der Waals surface area contributed by atoms with E-state index in [0.717, 1.165) is 12.3 Å². The predicted octanol–water partition coefficient (Wildman–Crippen LogP) is 3.95. The molecule has 8 heteroatoms. The molecule has 0 saturated heterocycles. The van der Waals surface area contributed by atoms with Crippen LogP contribution in [0, 0.1) is 10.1 Å². The van der Waals surface area contributed by atoms with Crippen molar-refractivity contribution in [3.63, 3.8) is 0 Å². The third-order valence-corrected chi connectivity index (χ3v) is 3.21. The van der Waals surface area contributed by atoms with Crippen LogP contribution in [0.1, 0.15) is 5.56 Å². The van der Waals surface area contributed by atoms with Crippen molar-refractivity contribution < 1.29 is 18.1 Å². The molecule has 3 rings (SSSR count). The van der Waals surface area contributed by atoms with Crippen molar-refractivity contribution in [3.05, 3.63) is 64.5 Å². The Balaban J connectivity index is 2.05. The minimum absolute atomic E-state index is 0.0503. The van der Waals surface area contributed by atoms with E-state index in [1.165, 1.54) is 24.3 Å². The van der Waals surface area contributed by atoms with Crippen LogP contribution in [0.3, 0.4) is 0 Å². The molecule has 0 unspecified atom stereocenters. The number of nitro benzene ring substituents is 1. The third kappa shape index (κ3) is 2.39. The number of aromatic nitrogens is 2. The van der Waals surface area contributed by atoms with E-state index < -0.39 is 16.7 Å². The number of rotatable bonds is 2. The summed E-state index contributed by atoms with van der Waals surface area (Å²) in [6.45, 7) is 0. The second-order valence-electron chi connectivity index (χ2n) is 4.59. The minimum atomic E-state index is -4.44. The van der Waals surface area contributed by atoms with Crippen LogP contribution in [0.2, 0.25) is 0 Å². The van der Waals surface area contributed by atoms with Crippen molar-refractivity contribution in [3.8, 4) is 5.82 Å². The van der Waals surface area contributed by atoms with Gasteiger partial charge in [-0.3, -0.25) is 10.1 Å². The van der Waals surface area contributed by atoms with Gasteiger partial charge < -0.3 is 4.57 Å². The molecule has 0 aliphatic carbocycles. The summed E-state index contributed by atoms with van der Waals surface area (Å²) in [5.41, 5.74) is -0.258. The maximum absolute atomic E-state index is 12.5. The molecule has 3 aromatic rings. The van der Waals surface area contributed by atoms with E-state index in [0.29, 0.717) is 16.7 Å². The van der Waals surface area contributed by atoms with Crippen LogP contribution >= 0.6 is 0 Å². The normalized spacial score (nSPS) is 11.8. The lowest BCUT2D eigenvalue weighted by Gasteiger charge is -2.08. The van der Waals surface area contributed by atoms with Crippen LogP contribution in [-0.4, -0.2) is 14.5 Å². The summed E-state index contributed by atoms with van der Waals surface area (Å²) in [6.07, 6.45) is -2.08. The van der Waals surface area contributed by atoms with Crippen molar-refractivity contribution in [2.45, 2.75) is 6.18 Å². The van der Waals surface area contributed by atoms with E-state index >= 15 is 0 Å². The lowest BCUT2D eigenvalue weighted by molar-refractivity contribution is -0.384. The van der Waals surface area contributed by atoms with Crippen molar-refractivity contribution in [2.75, 3.05) is 0 Å². The quantitative estimate of drug-likeness (QED) is 0.532. The van der Waals surface area contributed by atoms with Crippen LogP contribution in [-0.2, 0) is 6.18 Å². The molecular weight excluding hydrogens is 299 g/mol. The molecule has 0 saturated carbocycles. The average Bonchev–Trinajstić information content (AvgIpc) is 2.89. The number of hydrogen-bond acceptors (Lipinski definition) is 3. The first-order valence-corrected chi connectivity index (χ1v) is 6.15. The first kappa shape index (κ1) is 14.1. The van der Waals surface area contributed by atoms with Gasteiger partial charge in [-0.25, -0.2) is 4.98 Å². The molecule has 0 radical (unpaired) electrons. The first-order valence-electron chi connectivity index (χ1n) is 6.15. The average molecular weight is 307 g/mol. The number of benzene rings is 1. The van der Waals surface area contributed by atoms with Gasteiger partial charge in [-0.05, 0) is 24.3 Å². The van der Waals surface area contributed by atoms with Gasteiger partial charge in [-0.1, -0.05) is 0 Å². The molecule has 0 bridgehead atoms. The standard InChI is InChI=1S/C14H8F3N3O2/c15-14(16,17)10-1-4-13(18-8-10)19-6-5-9-7-11(20(21)22)2-3-12(9)19/h1-8H. The monoisotopic (exact) mass is 307 g/mol. The fraction of sp³-hybridized carbons (Fsp3) is 0.0714. The number of halogens is 3. The van der Waals surface area contributed by atoms with Gasteiger partial charge in [0.15, 0.2) is 0 Å². The molecule has 22 heavy (non-hydrogen) atoms. The maximum Gasteiger partial charge on any atom is 0.417 e. The zero-order chi connectivity index (χ0) is 15.9. The highest BCUT2D eigenvalue weighted by Crippen LogP contribution is 2.29. The number of nitrogens with zero attached hydrogens (tertiary/aromatic N) is 3. The molecule has 0 fully saturated rings. The van der Waals surface area contributed by atoms with Crippen LogP contribution < -0.4 is 0 Å². The summed E-state index contributed by atoms with van der Waals surface area (Å²) in [5.74, 6) is 0.303. The summed E-state index contributed by atoms with van der Waals surface area (Å²) in [4.78, 5) is 14.0. The number of alkyl halides is 3. The molecular formula is C14H8F3N3O2. The number of pyridine rings is 1. The second kappa shape index (κ2) is 4.83. The Kier molecular flexibility index (Phi) is 3.09. The van der Waals surface area contributed by atoms with Crippen molar-refractivity contribution >= 4 is 16.6 Å². The van der Waals surface area contributed by atoms with Crippen molar-refractivity contribution in [1.82, 2.24) is 9.55 Å². The number of nitro groups is 1. The van der Waals surface area contributed by atoms with E-state index in [4.69, 9.17) is 0 Å². The third-order valence-electron chi connectivity index (χ3n) is 3.21. The lowest BCUT2D eigenvalue weighted by atomic mass is 10.2. The van der Waals surface area contributed by atoms with E-state index in [-0.39, 0.29) is 5.69 Å². The molecule has 0 N–H and O–H groups in total. The molecule has 0 aliphatic rings. The molecule has 0 spiro atoms. The topological polar surface area (TPSA) is 61.0 Å². The van der Waals surface area contributed by atoms with E-state index in [1.807, 2.05) is 0 Å². The highest BCUT2D eigenvalue weighted by Gasteiger charge is 2.30. The lowest BCUT2D eigenvalue weighted by Crippen LogP contribution is -2.06. The summed E-state index contributed by atoms with van der Waals surface area (Å²) in [7, 11) is 0. The molecule has 112 valence electrons. The molecule has 1 aromatic carbocycles. The fourth-order valence-corrected chi connectivity index (χ4v) is 2.14. The Hall–Kier alpha value is -2.90. The van der Waals surface area contributed by atoms with Crippen LogP contribution in [0.5, 0.6) is 0 Å². The summed E-state index contributed by atoms with van der Waals surface area (Å²) < 4.78 is 39.1. The maximum atomic E-state index is 12.5. The second-order valence-corrected chi connectivity index (χ2v) is 4.59. The zero-order valence-electron chi connectivity index (χ0n) is 10.9. The Morgan fingerprint density at radius 1 is 1.14 bits per heavy atom. The Bertz CT molecular complexity index is 854. The zero-order valence-corrected chi connectivity index (χ0v) is 10.9. The van der Waals surface area contributed by atoms with Crippen molar-refractivity contribution in [1.29, 1.82) is 0 Å². The summed E-state index contributed by atoms with van der Waals surface area (Å²) in [6, 6.07) is 8.11. The molecule has 0 aliphatic heterocycles. The highest BCUT2D eigenvalue weighted by atomic mass is 19.4. The summed E-state index contributed by atoms with van der Waals surface area (Å²) >= 11 is 0. The van der Waals surface area contributed by atoms with Gasteiger partial charge in [0.2, 0.25) is 0 Å². The van der Waals surface area contributed by atoms with Crippen LogP contribution in [0.4, 0.5) is 18.9 Å². The van der Waals surface area contributed by atoms with E-state index in [1.54, 1.807) is 16.8 Å². The van der Waals surface area contributed by atoms with Gasteiger partial charge in [0.25, 0.3) is 5.69 Å². The van der Waals surface area contributed by atoms with Gasteiger partial charge >= 0.3 is 6.18 Å². The van der Waals surface area contributed by atoms with Gasteiger partial charge in [-0.2, -0.15) is 13.2 Å². The van der Waals surface area contributed by atoms with E-state index in [9.17, 15) is 23.3 Å². The number of fused-ring (bicyclic) bond motifs is 1. The fourth-order valence-electron chi connectivity index (χ4n) is 2.14. The smallest absolute Gasteiger partial charge is 0.301 e. The predicted molar refractivity (Wildman–Crippen MR) is 72.7 cm³/mol. The van der Waals surface area contributed by atoms with E-state index in [2.05, 4.69) is 4.98 Å². The van der Waals surface area contributed by atoms with Crippen molar-refractivity contribution in [2.24, 2.45) is 0 Å². The number of hydrogen-bond donors (Lipinski definition) is 0. The Morgan fingerprint density at radius 2 is 1.91 bits per heavy atom. The molecule has 0 atom stereocenters. The molecule has 2 aromatic heterocycles. The van der Waals surface area contributed by atoms with Crippen LogP contribution in [0.25, 0.3) is 16.7 Å². The van der Waals surface area contributed by atoms with Gasteiger partial charge in [0, 0.05) is 29.9 Å². The SMILES string of the molecule is O=[N+]([O-])c1ccc2c(ccn2-c2ccc(C(F)(F)F)cn2)c1. The Labute approximate surface area is 121 Å². The first-order chi connectivity index (χ1) is 10.4. The minimum Gasteiger partial charge on any atom is -0.301 e. The van der Waals surface area contributed by atoms with Gasteiger partial charge in [0.05, 0.1) is 16.0 Å². The summed E-state index contributed by atoms with van der Waals surface area (Å²) in [5, 5.41) is 11.3. The number of non-ortho nitro benzene ring substituents is 1. The molecule has 2 heterocycles.